The van der Waals surface area contributed by atoms with E-state index in [4.69, 9.17) is 4.74 Å². The number of ether oxygens (including phenoxy) is 1. The Bertz CT molecular complexity index is 555. The maximum atomic E-state index is 12.2. The van der Waals surface area contributed by atoms with Crippen molar-refractivity contribution in [3.8, 4) is 0 Å². The van der Waals surface area contributed by atoms with Gasteiger partial charge in [0.25, 0.3) is 5.91 Å². The molecule has 2 unspecified atom stereocenters. The molecule has 7 heteroatoms. The topological polar surface area (TPSA) is 83.6 Å². The number of nitrogens with zero attached hydrogens (tertiary/aromatic N) is 2. The molecular formula is C17H26N4O3. The Kier molecular flexibility index (Phi) is 6.54. The third kappa shape index (κ3) is 4.92. The van der Waals surface area contributed by atoms with E-state index in [-0.39, 0.29) is 17.9 Å². The fraction of sp³-hybridized carbons (Fsp3) is 0.588. The van der Waals surface area contributed by atoms with Crippen LogP contribution in [0, 0.1) is 0 Å². The van der Waals surface area contributed by atoms with Gasteiger partial charge in [0.2, 0.25) is 5.91 Å². The first-order chi connectivity index (χ1) is 11.5. The fourth-order valence-corrected chi connectivity index (χ4v) is 2.32. The number of amides is 2. The lowest BCUT2D eigenvalue weighted by atomic mass is 10.2. The van der Waals surface area contributed by atoms with E-state index in [1.165, 1.54) is 0 Å². The molecule has 0 spiro atoms. The lowest BCUT2D eigenvalue weighted by molar-refractivity contribution is -0.123. The number of nitrogens with one attached hydrogen (secondary N) is 2. The maximum Gasteiger partial charge on any atom is 0.253 e. The van der Waals surface area contributed by atoms with Crippen LogP contribution in [0.5, 0.6) is 0 Å². The van der Waals surface area contributed by atoms with Gasteiger partial charge in [-0.15, -0.1) is 0 Å². The fourth-order valence-electron chi connectivity index (χ4n) is 2.32. The minimum absolute atomic E-state index is 0.0892. The summed E-state index contributed by atoms with van der Waals surface area (Å²) in [4.78, 5) is 30.7. The molecule has 0 saturated carbocycles. The van der Waals surface area contributed by atoms with Crippen molar-refractivity contribution in [1.29, 1.82) is 0 Å². The summed E-state index contributed by atoms with van der Waals surface area (Å²) < 4.78 is 5.31. The Hall–Kier alpha value is -2.15. The monoisotopic (exact) mass is 334 g/mol. The van der Waals surface area contributed by atoms with E-state index < -0.39 is 6.04 Å². The predicted octanol–water partition coefficient (Wildman–Crippen LogP) is 0.951. The van der Waals surface area contributed by atoms with Crippen molar-refractivity contribution in [3.63, 3.8) is 0 Å². The van der Waals surface area contributed by atoms with Crippen molar-refractivity contribution in [1.82, 2.24) is 15.6 Å². The van der Waals surface area contributed by atoms with E-state index in [1.807, 2.05) is 19.9 Å². The molecule has 1 aliphatic heterocycles. The predicted molar refractivity (Wildman–Crippen MR) is 92.1 cm³/mol. The zero-order chi connectivity index (χ0) is 17.5. The number of anilines is 1. The van der Waals surface area contributed by atoms with E-state index >= 15 is 0 Å². The lowest BCUT2D eigenvalue weighted by Crippen LogP contribution is -2.47. The quantitative estimate of drug-likeness (QED) is 0.809. The van der Waals surface area contributed by atoms with Crippen molar-refractivity contribution < 1.29 is 14.3 Å². The molecule has 24 heavy (non-hydrogen) atoms. The maximum absolute atomic E-state index is 12.2. The summed E-state index contributed by atoms with van der Waals surface area (Å²) in [7, 11) is 0. The molecule has 1 saturated heterocycles. The zero-order valence-electron chi connectivity index (χ0n) is 14.5. The first kappa shape index (κ1) is 18.2. The van der Waals surface area contributed by atoms with Gasteiger partial charge in [-0.05, 0) is 32.4 Å². The highest BCUT2D eigenvalue weighted by atomic mass is 16.5. The molecule has 2 atom stereocenters. The number of carbonyl (C=O) groups excluding carboxylic acids is 2. The molecular weight excluding hydrogens is 308 g/mol. The minimum Gasteiger partial charge on any atom is -0.378 e. The van der Waals surface area contributed by atoms with Crippen LogP contribution in [-0.4, -0.2) is 55.2 Å². The largest absolute Gasteiger partial charge is 0.378 e. The molecule has 7 nitrogen and oxygen atoms in total. The van der Waals surface area contributed by atoms with Crippen molar-refractivity contribution in [2.75, 3.05) is 31.2 Å². The Morgan fingerprint density at radius 3 is 2.54 bits per heavy atom. The number of morpholine rings is 1. The summed E-state index contributed by atoms with van der Waals surface area (Å²) in [5.74, 6) is 0.343. The first-order valence-corrected chi connectivity index (χ1v) is 8.41. The molecule has 1 aromatic heterocycles. The minimum atomic E-state index is -0.592. The zero-order valence-corrected chi connectivity index (χ0v) is 14.5. The normalized spacial score (nSPS) is 17.0. The van der Waals surface area contributed by atoms with Gasteiger partial charge in [0, 0.05) is 25.3 Å². The number of rotatable bonds is 6. The van der Waals surface area contributed by atoms with Crippen LogP contribution >= 0.6 is 0 Å². The summed E-state index contributed by atoms with van der Waals surface area (Å²) in [6.45, 7) is 8.57. The van der Waals surface area contributed by atoms with Gasteiger partial charge in [0.15, 0.2) is 0 Å². The molecule has 1 aromatic rings. The lowest BCUT2D eigenvalue weighted by Gasteiger charge is -2.27. The highest BCUT2D eigenvalue weighted by molar-refractivity contribution is 5.97. The molecule has 2 amide bonds. The van der Waals surface area contributed by atoms with Gasteiger partial charge in [-0.25, -0.2) is 4.98 Å². The SMILES string of the molecule is CCC(C)NC(=O)C(C)NC(=O)c1ccc(N2CCOCC2)nc1. The van der Waals surface area contributed by atoms with E-state index in [2.05, 4.69) is 20.5 Å². The second-order valence-electron chi connectivity index (χ2n) is 6.02. The number of carbonyl (C=O) groups is 2. The summed E-state index contributed by atoms with van der Waals surface area (Å²) >= 11 is 0. The second-order valence-corrected chi connectivity index (χ2v) is 6.02. The number of pyridine rings is 1. The first-order valence-electron chi connectivity index (χ1n) is 8.41. The Morgan fingerprint density at radius 2 is 1.96 bits per heavy atom. The van der Waals surface area contributed by atoms with Crippen LogP contribution in [0.2, 0.25) is 0 Å². The van der Waals surface area contributed by atoms with Crippen molar-refractivity contribution in [2.24, 2.45) is 0 Å². The molecule has 2 heterocycles. The third-order valence-electron chi connectivity index (χ3n) is 4.09. The van der Waals surface area contributed by atoms with Gasteiger partial charge >= 0.3 is 0 Å². The van der Waals surface area contributed by atoms with E-state index in [0.717, 1.165) is 25.3 Å². The van der Waals surface area contributed by atoms with Crippen LogP contribution < -0.4 is 15.5 Å². The summed E-state index contributed by atoms with van der Waals surface area (Å²) in [5, 5.41) is 5.55. The van der Waals surface area contributed by atoms with Crippen LogP contribution in [-0.2, 0) is 9.53 Å². The summed E-state index contributed by atoms with van der Waals surface area (Å²) in [5.41, 5.74) is 0.440. The smallest absolute Gasteiger partial charge is 0.253 e. The van der Waals surface area contributed by atoms with Gasteiger partial charge in [0.1, 0.15) is 11.9 Å². The Balaban J connectivity index is 1.91. The highest BCUT2D eigenvalue weighted by Gasteiger charge is 2.18. The van der Waals surface area contributed by atoms with Crippen molar-refractivity contribution >= 4 is 17.6 Å². The van der Waals surface area contributed by atoms with Gasteiger partial charge in [-0.1, -0.05) is 6.92 Å². The molecule has 2 rings (SSSR count). The van der Waals surface area contributed by atoms with Crippen LogP contribution in [0.3, 0.4) is 0 Å². The van der Waals surface area contributed by atoms with Gasteiger partial charge in [0.05, 0.1) is 18.8 Å². The highest BCUT2D eigenvalue weighted by Crippen LogP contribution is 2.13. The average Bonchev–Trinajstić information content (AvgIpc) is 2.62. The summed E-state index contributed by atoms with van der Waals surface area (Å²) in [6.07, 6.45) is 2.39. The van der Waals surface area contributed by atoms with E-state index in [0.29, 0.717) is 18.8 Å². The molecule has 0 radical (unpaired) electrons. The van der Waals surface area contributed by atoms with Crippen LogP contribution in [0.15, 0.2) is 18.3 Å². The molecule has 2 N–H and O–H groups in total. The van der Waals surface area contributed by atoms with Crippen LogP contribution in [0.4, 0.5) is 5.82 Å². The van der Waals surface area contributed by atoms with Crippen molar-refractivity contribution in [3.05, 3.63) is 23.9 Å². The third-order valence-corrected chi connectivity index (χ3v) is 4.09. The summed E-state index contributed by atoms with van der Waals surface area (Å²) in [6, 6.07) is 3.05. The average molecular weight is 334 g/mol. The molecule has 0 aromatic carbocycles. The number of hydrogen-bond acceptors (Lipinski definition) is 5. The molecule has 1 aliphatic rings. The Morgan fingerprint density at radius 1 is 1.25 bits per heavy atom. The molecule has 0 bridgehead atoms. The van der Waals surface area contributed by atoms with Crippen LogP contribution in [0.1, 0.15) is 37.6 Å². The molecule has 0 aliphatic carbocycles. The van der Waals surface area contributed by atoms with Gasteiger partial charge in [-0.2, -0.15) is 0 Å². The van der Waals surface area contributed by atoms with Gasteiger partial charge in [-0.3, -0.25) is 9.59 Å². The van der Waals surface area contributed by atoms with E-state index in [1.54, 1.807) is 19.2 Å². The number of hydrogen-bond donors (Lipinski definition) is 2. The standard InChI is InChI=1S/C17H26N4O3/c1-4-12(2)19-16(22)13(3)20-17(23)14-5-6-15(18-11-14)21-7-9-24-10-8-21/h5-6,11-13H,4,7-10H2,1-3H3,(H,19,22)(H,20,23). The second kappa shape index (κ2) is 8.63. The molecule has 132 valence electrons. The Labute approximate surface area is 142 Å². The van der Waals surface area contributed by atoms with Crippen molar-refractivity contribution in [2.45, 2.75) is 39.3 Å². The van der Waals surface area contributed by atoms with Crippen LogP contribution in [0.25, 0.3) is 0 Å². The molecule has 1 fully saturated rings. The number of aromatic nitrogens is 1. The van der Waals surface area contributed by atoms with Gasteiger partial charge < -0.3 is 20.3 Å². The van der Waals surface area contributed by atoms with E-state index in [9.17, 15) is 9.59 Å².